The molecule has 1 aromatic carbocycles. The normalized spacial score (nSPS) is 12.0. The molecule has 0 aliphatic rings. The lowest BCUT2D eigenvalue weighted by Gasteiger charge is -2.03. The molecule has 4 heteroatoms. The van der Waals surface area contributed by atoms with Gasteiger partial charge in [0.1, 0.15) is 0 Å². The Hall–Kier alpha value is -1.68. The van der Waals surface area contributed by atoms with E-state index in [1.807, 2.05) is 22.8 Å². The molecule has 0 spiro atoms. The predicted octanol–water partition coefficient (Wildman–Crippen LogP) is 2.64. The van der Waals surface area contributed by atoms with E-state index >= 15 is 0 Å². The number of hydrogen-bond acceptors (Lipinski definition) is 2. The van der Waals surface area contributed by atoms with Gasteiger partial charge in [0.05, 0.1) is 10.2 Å². The average Bonchev–Trinajstić information content (AvgIpc) is 2.58. The highest BCUT2D eigenvalue weighted by atomic mass is 32.1. The van der Waals surface area contributed by atoms with E-state index in [0.29, 0.717) is 6.54 Å². The molecule has 3 nitrogen and oxygen atoms in total. The summed E-state index contributed by atoms with van der Waals surface area (Å²) in [4.78, 5) is 15.9. The van der Waals surface area contributed by atoms with Crippen LogP contribution in [0.1, 0.15) is 12.5 Å². The lowest BCUT2D eigenvalue weighted by molar-refractivity contribution is -0.116. The SMILES string of the molecule is C=CCn1c(=NC(C)=O)sc2cccc(C)c21. The van der Waals surface area contributed by atoms with Gasteiger partial charge in [-0.2, -0.15) is 4.99 Å². The standard InChI is InChI=1S/C13H14N2OS/c1-4-8-15-12-9(2)6-5-7-11(12)17-13(15)14-10(3)16/h4-7H,1,8H2,2-3H3. The molecule has 0 aliphatic carbocycles. The molecule has 0 aliphatic heterocycles. The van der Waals surface area contributed by atoms with Crippen LogP contribution in [0.2, 0.25) is 0 Å². The Morgan fingerprint density at radius 2 is 2.35 bits per heavy atom. The first-order valence-electron chi connectivity index (χ1n) is 5.38. The molecule has 0 unspecified atom stereocenters. The summed E-state index contributed by atoms with van der Waals surface area (Å²) in [6.45, 7) is 7.94. The molecule has 0 radical (unpaired) electrons. The van der Waals surface area contributed by atoms with Crippen molar-refractivity contribution in [3.05, 3.63) is 41.2 Å². The minimum atomic E-state index is -0.174. The zero-order valence-corrected chi connectivity index (χ0v) is 10.8. The number of rotatable bonds is 2. The van der Waals surface area contributed by atoms with Gasteiger partial charge in [0.25, 0.3) is 0 Å². The van der Waals surface area contributed by atoms with E-state index in [0.717, 1.165) is 15.0 Å². The zero-order chi connectivity index (χ0) is 12.4. The maximum Gasteiger partial charge on any atom is 0.245 e. The summed E-state index contributed by atoms with van der Waals surface area (Å²) in [6, 6.07) is 6.13. The van der Waals surface area contributed by atoms with Crippen molar-refractivity contribution < 1.29 is 4.79 Å². The molecule has 2 rings (SSSR count). The third-order valence-corrected chi connectivity index (χ3v) is 3.51. The van der Waals surface area contributed by atoms with Crippen LogP contribution in [0.4, 0.5) is 0 Å². The molecule has 1 aromatic heterocycles. The van der Waals surface area contributed by atoms with Crippen LogP contribution in [-0.4, -0.2) is 10.5 Å². The van der Waals surface area contributed by atoms with Crippen molar-refractivity contribution in [1.82, 2.24) is 4.57 Å². The Kier molecular flexibility index (Phi) is 3.24. The number of nitrogens with zero attached hydrogens (tertiary/aromatic N) is 2. The number of aromatic nitrogens is 1. The van der Waals surface area contributed by atoms with Gasteiger partial charge in [-0.3, -0.25) is 4.79 Å². The van der Waals surface area contributed by atoms with Crippen LogP contribution in [-0.2, 0) is 11.3 Å². The van der Waals surface area contributed by atoms with Gasteiger partial charge in [-0.1, -0.05) is 29.5 Å². The number of amides is 1. The van der Waals surface area contributed by atoms with Gasteiger partial charge < -0.3 is 4.57 Å². The smallest absolute Gasteiger partial charge is 0.245 e. The number of carbonyl (C=O) groups excluding carboxylic acids is 1. The lowest BCUT2D eigenvalue weighted by atomic mass is 10.2. The van der Waals surface area contributed by atoms with Gasteiger partial charge in [-0.15, -0.1) is 6.58 Å². The van der Waals surface area contributed by atoms with Gasteiger partial charge in [0.2, 0.25) is 5.91 Å². The van der Waals surface area contributed by atoms with Crippen molar-refractivity contribution in [2.45, 2.75) is 20.4 Å². The summed E-state index contributed by atoms with van der Waals surface area (Å²) >= 11 is 1.53. The zero-order valence-electron chi connectivity index (χ0n) is 9.93. The second kappa shape index (κ2) is 4.67. The van der Waals surface area contributed by atoms with Gasteiger partial charge in [-0.25, -0.2) is 0 Å². The Morgan fingerprint density at radius 1 is 1.59 bits per heavy atom. The van der Waals surface area contributed by atoms with Gasteiger partial charge in [-0.05, 0) is 18.6 Å². The fraction of sp³-hybridized carbons (Fsp3) is 0.231. The maximum absolute atomic E-state index is 11.1. The van der Waals surface area contributed by atoms with E-state index in [9.17, 15) is 4.79 Å². The number of hydrogen-bond donors (Lipinski definition) is 0. The molecule has 1 heterocycles. The fourth-order valence-corrected chi connectivity index (χ4v) is 2.99. The number of para-hydroxylation sites is 1. The van der Waals surface area contributed by atoms with Crippen molar-refractivity contribution in [1.29, 1.82) is 0 Å². The Labute approximate surface area is 104 Å². The van der Waals surface area contributed by atoms with E-state index in [2.05, 4.69) is 24.6 Å². The monoisotopic (exact) mass is 246 g/mol. The van der Waals surface area contributed by atoms with Crippen molar-refractivity contribution in [3.8, 4) is 0 Å². The largest absolute Gasteiger partial charge is 0.312 e. The second-order valence-corrected chi connectivity index (χ2v) is 4.85. The first-order chi connectivity index (χ1) is 8.13. The fourth-order valence-electron chi connectivity index (χ4n) is 1.83. The molecule has 0 bridgehead atoms. The summed E-state index contributed by atoms with van der Waals surface area (Å²) in [6.07, 6.45) is 1.82. The number of aryl methyl sites for hydroxylation is 1. The third-order valence-electron chi connectivity index (χ3n) is 2.47. The van der Waals surface area contributed by atoms with Gasteiger partial charge in [0.15, 0.2) is 4.80 Å². The molecule has 0 atom stereocenters. The summed E-state index contributed by atoms with van der Waals surface area (Å²) in [5, 5.41) is 0. The molecule has 2 aromatic rings. The Morgan fingerprint density at radius 3 is 3.00 bits per heavy atom. The summed E-state index contributed by atoms with van der Waals surface area (Å²) < 4.78 is 3.18. The van der Waals surface area contributed by atoms with Crippen molar-refractivity contribution in [3.63, 3.8) is 0 Å². The van der Waals surface area contributed by atoms with Crippen LogP contribution in [0.15, 0.2) is 35.8 Å². The first kappa shape index (κ1) is 11.8. The van der Waals surface area contributed by atoms with Gasteiger partial charge in [0, 0.05) is 13.5 Å². The summed E-state index contributed by atoms with van der Waals surface area (Å²) in [5.41, 5.74) is 2.32. The summed E-state index contributed by atoms with van der Waals surface area (Å²) in [7, 11) is 0. The predicted molar refractivity (Wildman–Crippen MR) is 71.0 cm³/mol. The minimum Gasteiger partial charge on any atom is -0.312 e. The lowest BCUT2D eigenvalue weighted by Crippen LogP contribution is -2.15. The molecule has 0 saturated heterocycles. The van der Waals surface area contributed by atoms with Crippen LogP contribution >= 0.6 is 11.3 Å². The van der Waals surface area contributed by atoms with E-state index in [1.165, 1.54) is 23.8 Å². The Bertz CT molecular complexity index is 649. The van der Waals surface area contributed by atoms with Crippen LogP contribution in [0, 0.1) is 6.92 Å². The molecule has 0 fully saturated rings. The summed E-state index contributed by atoms with van der Waals surface area (Å²) in [5.74, 6) is -0.174. The highest BCUT2D eigenvalue weighted by molar-refractivity contribution is 7.16. The van der Waals surface area contributed by atoms with Crippen molar-refractivity contribution >= 4 is 27.5 Å². The second-order valence-electron chi connectivity index (χ2n) is 3.84. The van der Waals surface area contributed by atoms with Gasteiger partial charge >= 0.3 is 0 Å². The quantitative estimate of drug-likeness (QED) is 0.750. The van der Waals surface area contributed by atoms with Crippen LogP contribution in [0.25, 0.3) is 10.2 Å². The third kappa shape index (κ3) is 2.22. The molecular formula is C13H14N2OS. The average molecular weight is 246 g/mol. The van der Waals surface area contributed by atoms with Crippen LogP contribution in [0.3, 0.4) is 0 Å². The van der Waals surface area contributed by atoms with E-state index in [-0.39, 0.29) is 5.91 Å². The van der Waals surface area contributed by atoms with E-state index in [1.54, 1.807) is 0 Å². The number of carbonyl (C=O) groups is 1. The van der Waals surface area contributed by atoms with E-state index in [4.69, 9.17) is 0 Å². The highest BCUT2D eigenvalue weighted by Gasteiger charge is 2.07. The number of benzene rings is 1. The molecule has 1 amide bonds. The Balaban J connectivity index is 2.85. The topological polar surface area (TPSA) is 34.4 Å². The maximum atomic E-state index is 11.1. The molecule has 0 N–H and O–H groups in total. The molecule has 17 heavy (non-hydrogen) atoms. The van der Waals surface area contributed by atoms with Crippen molar-refractivity contribution in [2.24, 2.45) is 4.99 Å². The molecule has 0 saturated carbocycles. The van der Waals surface area contributed by atoms with Crippen LogP contribution in [0.5, 0.6) is 0 Å². The van der Waals surface area contributed by atoms with Crippen LogP contribution < -0.4 is 4.80 Å². The van der Waals surface area contributed by atoms with Crippen molar-refractivity contribution in [2.75, 3.05) is 0 Å². The van der Waals surface area contributed by atoms with E-state index < -0.39 is 0 Å². The highest BCUT2D eigenvalue weighted by Crippen LogP contribution is 2.20. The molecular weight excluding hydrogens is 232 g/mol. The number of fused-ring (bicyclic) bond motifs is 1. The molecule has 88 valence electrons. The first-order valence-corrected chi connectivity index (χ1v) is 6.20. The number of thiazole rings is 1. The minimum absolute atomic E-state index is 0.174. The number of allylic oxidation sites excluding steroid dienone is 1.